The van der Waals surface area contributed by atoms with Crippen LogP contribution in [0.3, 0.4) is 0 Å². The van der Waals surface area contributed by atoms with Gasteiger partial charge in [-0.2, -0.15) is 0 Å². The van der Waals surface area contributed by atoms with E-state index in [1.807, 2.05) is 0 Å². The molecule has 3 aromatic rings. The Balaban J connectivity index is 2.03. The molecule has 3 rings (SSSR count). The minimum absolute atomic E-state index is 0.0144. The highest BCUT2D eigenvalue weighted by Gasteiger charge is 2.17. The number of nitrogens with zero attached hydrogens (tertiary/aromatic N) is 3. The third-order valence-electron chi connectivity index (χ3n) is 3.64. The summed E-state index contributed by atoms with van der Waals surface area (Å²) >= 11 is 1.09. The molecule has 0 saturated heterocycles. The predicted octanol–water partition coefficient (Wildman–Crippen LogP) is 1.82. The number of non-ortho nitro benzene ring substituents is 1. The van der Waals surface area contributed by atoms with Gasteiger partial charge >= 0.3 is 0 Å². The summed E-state index contributed by atoms with van der Waals surface area (Å²) in [6.45, 7) is 1.89. The van der Waals surface area contributed by atoms with Gasteiger partial charge in [0.2, 0.25) is 0 Å². The number of nitrogens with two attached hydrogens (primary N) is 1. The summed E-state index contributed by atoms with van der Waals surface area (Å²) in [5.74, 6) is -0.586. The standard InChI is InChI=1S/C15H12N4O4S/c1-8-11-14(24-12(8)13(16)20)17-7-18(15(11)21)6-9-2-4-10(5-3-9)19(22)23/h2-5,7H,6H2,1H3,(H2,16,20). The van der Waals surface area contributed by atoms with Gasteiger partial charge in [-0.25, -0.2) is 4.98 Å². The van der Waals surface area contributed by atoms with E-state index in [0.717, 1.165) is 16.9 Å². The lowest BCUT2D eigenvalue weighted by atomic mass is 10.2. The van der Waals surface area contributed by atoms with Crippen LogP contribution in [-0.4, -0.2) is 20.4 Å². The molecule has 2 N–H and O–H groups in total. The summed E-state index contributed by atoms with van der Waals surface area (Å²) in [5, 5.41) is 11.0. The summed E-state index contributed by atoms with van der Waals surface area (Å²) in [7, 11) is 0. The van der Waals surface area contributed by atoms with Gasteiger partial charge in [0, 0.05) is 12.1 Å². The molecular weight excluding hydrogens is 332 g/mol. The van der Waals surface area contributed by atoms with Crippen molar-refractivity contribution in [3.8, 4) is 0 Å². The fraction of sp³-hybridized carbons (Fsp3) is 0.133. The van der Waals surface area contributed by atoms with Crippen LogP contribution in [0, 0.1) is 17.0 Å². The van der Waals surface area contributed by atoms with Crippen molar-refractivity contribution >= 4 is 33.1 Å². The molecule has 0 aliphatic rings. The number of hydrogen-bond donors (Lipinski definition) is 1. The van der Waals surface area contributed by atoms with Crippen LogP contribution in [0.5, 0.6) is 0 Å². The van der Waals surface area contributed by atoms with Gasteiger partial charge in [0.05, 0.1) is 28.1 Å². The number of rotatable bonds is 4. The van der Waals surface area contributed by atoms with E-state index < -0.39 is 10.8 Å². The zero-order chi connectivity index (χ0) is 17.4. The monoisotopic (exact) mass is 344 g/mol. The van der Waals surface area contributed by atoms with Crippen LogP contribution in [0.4, 0.5) is 5.69 Å². The van der Waals surface area contributed by atoms with Crippen molar-refractivity contribution < 1.29 is 9.72 Å². The van der Waals surface area contributed by atoms with Gasteiger partial charge in [-0.1, -0.05) is 12.1 Å². The molecule has 0 saturated carbocycles. The Morgan fingerprint density at radius 1 is 1.38 bits per heavy atom. The molecule has 0 bridgehead atoms. The van der Waals surface area contributed by atoms with Crippen LogP contribution < -0.4 is 11.3 Å². The normalized spacial score (nSPS) is 10.9. The lowest BCUT2D eigenvalue weighted by molar-refractivity contribution is -0.384. The first kappa shape index (κ1) is 15.8. The lowest BCUT2D eigenvalue weighted by Gasteiger charge is -2.05. The van der Waals surface area contributed by atoms with Crippen molar-refractivity contribution in [2.24, 2.45) is 5.73 Å². The molecule has 122 valence electrons. The first-order chi connectivity index (χ1) is 11.4. The lowest BCUT2D eigenvalue weighted by Crippen LogP contribution is -2.21. The number of carbonyl (C=O) groups is 1. The van der Waals surface area contributed by atoms with E-state index in [0.29, 0.717) is 20.7 Å². The maximum absolute atomic E-state index is 12.6. The molecule has 2 heterocycles. The van der Waals surface area contributed by atoms with Crippen molar-refractivity contribution in [2.75, 3.05) is 0 Å². The minimum Gasteiger partial charge on any atom is -0.365 e. The van der Waals surface area contributed by atoms with Gasteiger partial charge in [0.15, 0.2) is 0 Å². The average Bonchev–Trinajstić information content (AvgIpc) is 2.88. The summed E-state index contributed by atoms with van der Waals surface area (Å²) in [6.07, 6.45) is 1.40. The third-order valence-corrected chi connectivity index (χ3v) is 4.86. The van der Waals surface area contributed by atoms with Crippen molar-refractivity contribution in [1.29, 1.82) is 0 Å². The van der Waals surface area contributed by atoms with Crippen LogP contribution in [0.15, 0.2) is 35.4 Å². The van der Waals surface area contributed by atoms with Gasteiger partial charge in [0.1, 0.15) is 4.83 Å². The molecule has 24 heavy (non-hydrogen) atoms. The van der Waals surface area contributed by atoms with Crippen LogP contribution in [0.2, 0.25) is 0 Å². The number of nitro groups is 1. The number of carbonyl (C=O) groups excluding carboxylic acids is 1. The van der Waals surface area contributed by atoms with Crippen molar-refractivity contribution in [2.45, 2.75) is 13.5 Å². The predicted molar refractivity (Wildman–Crippen MR) is 89.3 cm³/mol. The zero-order valence-electron chi connectivity index (χ0n) is 12.6. The second kappa shape index (κ2) is 5.85. The van der Waals surface area contributed by atoms with E-state index in [9.17, 15) is 19.7 Å². The quantitative estimate of drug-likeness (QED) is 0.571. The first-order valence-electron chi connectivity index (χ1n) is 6.90. The Bertz CT molecular complexity index is 1020. The van der Waals surface area contributed by atoms with Gasteiger partial charge in [-0.05, 0) is 18.1 Å². The molecule has 1 amide bonds. The first-order valence-corrected chi connectivity index (χ1v) is 7.72. The average molecular weight is 344 g/mol. The summed E-state index contributed by atoms with van der Waals surface area (Å²) in [4.78, 5) is 39.2. The molecule has 9 heteroatoms. The van der Waals surface area contributed by atoms with Crippen LogP contribution in [-0.2, 0) is 6.54 Å². The SMILES string of the molecule is Cc1c(C(N)=O)sc2ncn(Cc3ccc([N+](=O)[O-])cc3)c(=O)c12. The largest absolute Gasteiger partial charge is 0.365 e. The van der Waals surface area contributed by atoms with Gasteiger partial charge in [-0.3, -0.25) is 24.3 Å². The Morgan fingerprint density at radius 2 is 2.04 bits per heavy atom. The highest BCUT2D eigenvalue weighted by atomic mass is 32.1. The maximum Gasteiger partial charge on any atom is 0.269 e. The second-order valence-electron chi connectivity index (χ2n) is 5.20. The molecule has 0 aliphatic heterocycles. The van der Waals surface area contributed by atoms with E-state index in [2.05, 4.69) is 4.98 Å². The van der Waals surface area contributed by atoms with Crippen molar-refractivity contribution in [1.82, 2.24) is 9.55 Å². The van der Waals surface area contributed by atoms with E-state index in [-0.39, 0.29) is 17.8 Å². The molecule has 1 aromatic carbocycles. The van der Waals surface area contributed by atoms with E-state index in [1.54, 1.807) is 19.1 Å². The van der Waals surface area contributed by atoms with Gasteiger partial charge < -0.3 is 5.73 Å². The number of fused-ring (bicyclic) bond motifs is 1. The third kappa shape index (κ3) is 2.65. The molecule has 0 aliphatic carbocycles. The number of nitro benzene ring substituents is 1. The zero-order valence-corrected chi connectivity index (χ0v) is 13.4. The highest BCUT2D eigenvalue weighted by Crippen LogP contribution is 2.26. The Labute approximate surface area is 139 Å². The highest BCUT2D eigenvalue weighted by molar-refractivity contribution is 7.20. The van der Waals surface area contributed by atoms with Crippen molar-refractivity contribution in [3.05, 3.63) is 67.1 Å². The van der Waals surface area contributed by atoms with E-state index in [1.165, 1.54) is 23.0 Å². The Kier molecular flexibility index (Phi) is 3.86. The maximum atomic E-state index is 12.6. The van der Waals surface area contributed by atoms with E-state index in [4.69, 9.17) is 5.73 Å². The van der Waals surface area contributed by atoms with Crippen LogP contribution in [0.1, 0.15) is 20.8 Å². The second-order valence-corrected chi connectivity index (χ2v) is 6.20. The van der Waals surface area contributed by atoms with Crippen LogP contribution in [0.25, 0.3) is 10.2 Å². The molecule has 0 fully saturated rings. The van der Waals surface area contributed by atoms with Gasteiger partial charge in [0.25, 0.3) is 17.2 Å². The molecule has 8 nitrogen and oxygen atoms in total. The fourth-order valence-corrected chi connectivity index (χ4v) is 3.42. The van der Waals surface area contributed by atoms with Crippen molar-refractivity contribution in [3.63, 3.8) is 0 Å². The number of aromatic nitrogens is 2. The number of amides is 1. The van der Waals surface area contributed by atoms with E-state index >= 15 is 0 Å². The fourth-order valence-electron chi connectivity index (χ4n) is 2.43. The van der Waals surface area contributed by atoms with Gasteiger partial charge in [-0.15, -0.1) is 11.3 Å². The number of hydrogen-bond acceptors (Lipinski definition) is 6. The Hall–Kier alpha value is -3.07. The smallest absolute Gasteiger partial charge is 0.269 e. The number of primary amides is 1. The number of benzene rings is 1. The minimum atomic E-state index is -0.586. The molecule has 0 unspecified atom stereocenters. The molecule has 0 spiro atoms. The topological polar surface area (TPSA) is 121 Å². The molecule has 2 aromatic heterocycles. The summed E-state index contributed by atoms with van der Waals surface area (Å²) in [6, 6.07) is 5.94. The Morgan fingerprint density at radius 3 is 2.62 bits per heavy atom. The summed E-state index contributed by atoms with van der Waals surface area (Å²) in [5.41, 5.74) is 6.27. The number of aryl methyl sites for hydroxylation is 1. The molecular formula is C15H12N4O4S. The van der Waals surface area contributed by atoms with Crippen LogP contribution >= 0.6 is 11.3 Å². The number of thiophene rings is 1. The summed E-state index contributed by atoms with van der Waals surface area (Å²) < 4.78 is 1.40. The molecule has 0 atom stereocenters. The molecule has 0 radical (unpaired) electrons.